The molecule has 0 aromatic heterocycles. The third-order valence-corrected chi connectivity index (χ3v) is 5.40. The van der Waals surface area contributed by atoms with Crippen LogP contribution in [0.2, 0.25) is 0 Å². The van der Waals surface area contributed by atoms with Crippen LogP contribution in [0.4, 0.5) is 29.3 Å². The maximum atomic E-state index is 13.0. The number of halogens is 3. The van der Waals surface area contributed by atoms with Crippen molar-refractivity contribution < 1.29 is 22.8 Å². The second-order valence-electron chi connectivity index (χ2n) is 7.65. The highest BCUT2D eigenvalue weighted by Gasteiger charge is 2.32. The molecule has 0 saturated carbocycles. The van der Waals surface area contributed by atoms with Crippen LogP contribution in [-0.4, -0.2) is 31.2 Å². The monoisotopic (exact) mass is 470 g/mol. The number of anilines is 2. The van der Waals surface area contributed by atoms with Gasteiger partial charge in [-0.05, 0) is 80.1 Å². The van der Waals surface area contributed by atoms with E-state index in [9.17, 15) is 22.8 Å². The molecule has 1 aliphatic heterocycles. The summed E-state index contributed by atoms with van der Waals surface area (Å²) in [7, 11) is 0. The highest BCUT2D eigenvalue weighted by Crippen LogP contribution is 2.30. The lowest BCUT2D eigenvalue weighted by atomic mass is 10.0. The van der Waals surface area contributed by atoms with Gasteiger partial charge in [0.05, 0.1) is 5.56 Å². The van der Waals surface area contributed by atoms with Gasteiger partial charge in [0.25, 0.3) is 0 Å². The first kappa shape index (κ1) is 24.8. The van der Waals surface area contributed by atoms with Crippen molar-refractivity contribution in [3.63, 3.8) is 0 Å². The number of carbonyl (C=O) groups is 2. The minimum atomic E-state index is -4.45. The third-order valence-electron chi connectivity index (χ3n) is 5.40. The molecule has 9 heteroatoms. The molecule has 0 unspecified atom stereocenters. The zero-order chi connectivity index (χ0) is 24.7. The van der Waals surface area contributed by atoms with E-state index < -0.39 is 23.8 Å². The van der Waals surface area contributed by atoms with Gasteiger partial charge in [0.1, 0.15) is 6.04 Å². The van der Waals surface area contributed by atoms with Gasteiger partial charge in [0.2, 0.25) is 5.91 Å². The molecule has 3 amide bonds. The van der Waals surface area contributed by atoms with Crippen LogP contribution in [0.1, 0.15) is 30.9 Å². The fourth-order valence-electron chi connectivity index (χ4n) is 3.66. The Morgan fingerprint density at radius 2 is 1.82 bits per heavy atom. The van der Waals surface area contributed by atoms with Crippen molar-refractivity contribution in [3.05, 3.63) is 78.0 Å². The molecule has 2 N–H and O–H groups in total. The summed E-state index contributed by atoms with van der Waals surface area (Å²) in [5.74, 6) is -0.247. The first-order valence-electron chi connectivity index (χ1n) is 10.7. The predicted octanol–water partition coefficient (Wildman–Crippen LogP) is 5.64. The molecule has 3 rings (SSSR count). The van der Waals surface area contributed by atoms with E-state index in [2.05, 4.69) is 22.3 Å². The summed E-state index contributed by atoms with van der Waals surface area (Å²) in [6, 6.07) is 10.2. The van der Waals surface area contributed by atoms with Crippen LogP contribution in [0.15, 0.2) is 71.9 Å². The highest BCUT2D eigenvalue weighted by atomic mass is 19.4. The number of nitrogens with zero attached hydrogens (tertiary/aromatic N) is 2. The highest BCUT2D eigenvalue weighted by molar-refractivity contribution is 6.01. The quantitative estimate of drug-likeness (QED) is 0.424. The van der Waals surface area contributed by atoms with Gasteiger partial charge in [-0.25, -0.2) is 4.79 Å². The normalized spacial score (nSPS) is 17.1. The third kappa shape index (κ3) is 6.12. The van der Waals surface area contributed by atoms with E-state index >= 15 is 0 Å². The molecule has 0 bridgehead atoms. The summed E-state index contributed by atoms with van der Waals surface area (Å²) >= 11 is 0. The second-order valence-corrected chi connectivity index (χ2v) is 7.65. The number of urea groups is 1. The van der Waals surface area contributed by atoms with Crippen molar-refractivity contribution in [2.75, 3.05) is 16.8 Å². The number of benzene rings is 2. The number of alkyl halides is 3. The number of hydrogen-bond donors (Lipinski definition) is 2. The average molecular weight is 470 g/mol. The maximum absolute atomic E-state index is 13.0. The zero-order valence-electron chi connectivity index (χ0n) is 18.6. The molecule has 2 aromatic rings. The smallest absolute Gasteiger partial charge is 0.326 e. The number of amides is 3. The molecule has 0 spiro atoms. The summed E-state index contributed by atoms with van der Waals surface area (Å²) in [6.45, 7) is 5.86. The van der Waals surface area contributed by atoms with Crippen LogP contribution in [0.5, 0.6) is 0 Å². The lowest BCUT2D eigenvalue weighted by Gasteiger charge is -2.32. The lowest BCUT2D eigenvalue weighted by Crippen LogP contribution is -2.53. The van der Waals surface area contributed by atoms with Crippen LogP contribution in [0.3, 0.4) is 0 Å². The number of aliphatic imine (C=N–C) groups is 1. The largest absolute Gasteiger partial charge is 0.416 e. The van der Waals surface area contributed by atoms with Crippen molar-refractivity contribution in [1.29, 1.82) is 0 Å². The number of carbonyl (C=O) groups excluding carboxylic acids is 2. The molecule has 1 fully saturated rings. The lowest BCUT2D eigenvalue weighted by molar-refractivity contribution is -0.137. The number of piperidine rings is 1. The summed E-state index contributed by atoms with van der Waals surface area (Å²) < 4.78 is 38.1. The minimum absolute atomic E-state index is 0.196. The second kappa shape index (κ2) is 10.8. The Bertz CT molecular complexity index is 1090. The van der Waals surface area contributed by atoms with Gasteiger partial charge in [-0.3, -0.25) is 9.79 Å². The van der Waals surface area contributed by atoms with Gasteiger partial charge >= 0.3 is 12.2 Å². The Kier molecular flexibility index (Phi) is 7.88. The Morgan fingerprint density at radius 3 is 2.41 bits per heavy atom. The van der Waals surface area contributed by atoms with Gasteiger partial charge in [-0.2, -0.15) is 13.2 Å². The van der Waals surface area contributed by atoms with Gasteiger partial charge in [-0.15, -0.1) is 0 Å². The predicted molar refractivity (Wildman–Crippen MR) is 128 cm³/mol. The molecular weight excluding hydrogens is 445 g/mol. The standard InChI is InChI=1S/C25H25F3N4O2/c1-3-17(14-15-29-2)18-6-12-21(13-7-18)32-16-4-5-22(23(32)33)31-24(34)30-20-10-8-19(9-11-20)25(26,27)28/h3,6-15,22H,2,4-5,16H2,1H3,(H2,30,31,34)/b15-14-,17-3+/t22-/m1/s1. The molecule has 0 radical (unpaired) electrons. The number of rotatable bonds is 6. The van der Waals surface area contributed by atoms with E-state index in [1.54, 1.807) is 11.1 Å². The molecule has 34 heavy (non-hydrogen) atoms. The average Bonchev–Trinajstić information content (AvgIpc) is 2.81. The van der Waals surface area contributed by atoms with Crippen LogP contribution in [0.25, 0.3) is 5.57 Å². The Balaban J connectivity index is 1.64. The summed E-state index contributed by atoms with van der Waals surface area (Å²) in [6.07, 6.45) is 2.08. The van der Waals surface area contributed by atoms with Gasteiger partial charge in [-0.1, -0.05) is 18.2 Å². The van der Waals surface area contributed by atoms with E-state index in [4.69, 9.17) is 0 Å². The minimum Gasteiger partial charge on any atom is -0.326 e. The molecule has 1 heterocycles. The van der Waals surface area contributed by atoms with Crippen LogP contribution < -0.4 is 15.5 Å². The molecule has 0 aliphatic carbocycles. The van der Waals surface area contributed by atoms with Gasteiger partial charge in [0, 0.05) is 24.1 Å². The number of nitrogens with one attached hydrogen (secondary N) is 2. The van der Waals surface area contributed by atoms with Crippen LogP contribution >= 0.6 is 0 Å². The van der Waals surface area contributed by atoms with Crippen molar-refractivity contribution >= 4 is 35.6 Å². The maximum Gasteiger partial charge on any atom is 0.416 e. The zero-order valence-corrected chi connectivity index (χ0v) is 18.6. The van der Waals surface area contributed by atoms with E-state index in [-0.39, 0.29) is 11.6 Å². The molecule has 1 saturated heterocycles. The van der Waals surface area contributed by atoms with Crippen molar-refractivity contribution in [2.24, 2.45) is 4.99 Å². The number of allylic oxidation sites excluding steroid dienone is 3. The molecule has 2 aromatic carbocycles. The summed E-state index contributed by atoms with van der Waals surface area (Å²) in [5, 5.41) is 5.10. The van der Waals surface area contributed by atoms with E-state index in [0.29, 0.717) is 25.1 Å². The fraction of sp³-hybridized carbons (Fsp3) is 0.240. The van der Waals surface area contributed by atoms with Crippen molar-refractivity contribution in [1.82, 2.24) is 5.32 Å². The summed E-state index contributed by atoms with van der Waals surface area (Å²) in [5.41, 5.74) is 2.02. The molecule has 1 aliphatic rings. The SMILES string of the molecule is C=N/C=C\C(=C/C)c1ccc(N2CCC[C@@H](NC(=O)Nc3ccc(C(F)(F)F)cc3)C2=O)cc1. The molecule has 178 valence electrons. The molecule has 1 atom stereocenters. The van der Waals surface area contributed by atoms with E-state index in [0.717, 1.165) is 35.4 Å². The van der Waals surface area contributed by atoms with Crippen LogP contribution in [0, 0.1) is 0 Å². The van der Waals surface area contributed by atoms with Gasteiger partial charge in [0.15, 0.2) is 0 Å². The Morgan fingerprint density at radius 1 is 1.15 bits per heavy atom. The Hall–Kier alpha value is -3.88. The molecule has 6 nitrogen and oxygen atoms in total. The fourth-order valence-corrected chi connectivity index (χ4v) is 3.66. The van der Waals surface area contributed by atoms with E-state index in [1.165, 1.54) is 0 Å². The van der Waals surface area contributed by atoms with Crippen molar-refractivity contribution in [3.8, 4) is 0 Å². The van der Waals surface area contributed by atoms with Crippen LogP contribution in [-0.2, 0) is 11.0 Å². The number of hydrogen-bond acceptors (Lipinski definition) is 3. The molecular formula is C25H25F3N4O2. The topological polar surface area (TPSA) is 73.8 Å². The Labute approximate surface area is 195 Å². The van der Waals surface area contributed by atoms with Gasteiger partial charge < -0.3 is 15.5 Å². The summed E-state index contributed by atoms with van der Waals surface area (Å²) in [4.78, 5) is 30.7. The van der Waals surface area contributed by atoms with E-state index in [1.807, 2.05) is 43.3 Å². The van der Waals surface area contributed by atoms with Crippen molar-refractivity contribution in [2.45, 2.75) is 32.0 Å². The first-order chi connectivity index (χ1) is 16.2. The first-order valence-corrected chi connectivity index (χ1v) is 10.7.